The van der Waals surface area contributed by atoms with Gasteiger partial charge in [0.15, 0.2) is 0 Å². The molecular formula is C8H3Br2FN2S. The normalized spacial score (nSPS) is 10.5. The number of nitrogens with zero attached hydrogens (tertiary/aromatic N) is 2. The summed E-state index contributed by atoms with van der Waals surface area (Å²) in [5.74, 6) is -0.297. The van der Waals surface area contributed by atoms with Crippen molar-refractivity contribution in [2.24, 2.45) is 0 Å². The summed E-state index contributed by atoms with van der Waals surface area (Å²) in [5.41, 5.74) is 0.716. The van der Waals surface area contributed by atoms with Crippen LogP contribution in [0.3, 0.4) is 0 Å². The molecule has 2 aromatic rings. The van der Waals surface area contributed by atoms with Gasteiger partial charge in [-0.2, -0.15) is 4.37 Å². The summed E-state index contributed by atoms with van der Waals surface area (Å²) in [4.78, 5) is 4.11. The Morgan fingerprint density at radius 3 is 2.71 bits per heavy atom. The van der Waals surface area contributed by atoms with Gasteiger partial charge in [-0.25, -0.2) is 9.37 Å². The number of hydrogen-bond donors (Lipinski definition) is 0. The summed E-state index contributed by atoms with van der Waals surface area (Å²) in [5, 5.41) is 0.684. The maximum Gasteiger partial charge on any atom is 0.209 e. The number of aromatic nitrogens is 2. The van der Waals surface area contributed by atoms with Crippen molar-refractivity contribution in [3.05, 3.63) is 33.2 Å². The quantitative estimate of drug-likeness (QED) is 0.789. The largest absolute Gasteiger partial charge is 0.209 e. The van der Waals surface area contributed by atoms with Gasteiger partial charge in [0.25, 0.3) is 0 Å². The van der Waals surface area contributed by atoms with Gasteiger partial charge in [0.1, 0.15) is 10.8 Å². The van der Waals surface area contributed by atoms with Crippen molar-refractivity contribution in [1.82, 2.24) is 9.36 Å². The van der Waals surface area contributed by atoms with E-state index in [-0.39, 0.29) is 5.82 Å². The minimum atomic E-state index is -0.297. The number of hydrogen-bond acceptors (Lipinski definition) is 3. The molecule has 0 N–H and O–H groups in total. The van der Waals surface area contributed by atoms with Gasteiger partial charge in [-0.3, -0.25) is 0 Å². The molecular weight excluding hydrogens is 335 g/mol. The fourth-order valence-corrected chi connectivity index (χ4v) is 2.68. The van der Waals surface area contributed by atoms with Gasteiger partial charge < -0.3 is 0 Å². The van der Waals surface area contributed by atoms with Crippen LogP contribution in [0.25, 0.3) is 10.6 Å². The molecule has 0 bridgehead atoms. The minimum Gasteiger partial charge on any atom is -0.209 e. The van der Waals surface area contributed by atoms with Crippen molar-refractivity contribution in [1.29, 1.82) is 0 Å². The van der Waals surface area contributed by atoms with Crippen LogP contribution < -0.4 is 0 Å². The lowest BCUT2D eigenvalue weighted by Crippen LogP contribution is -1.82. The first-order chi connectivity index (χ1) is 6.68. The highest BCUT2D eigenvalue weighted by molar-refractivity contribution is 9.10. The second kappa shape index (κ2) is 4.04. The Morgan fingerprint density at radius 2 is 2.07 bits per heavy atom. The van der Waals surface area contributed by atoms with Gasteiger partial charge >= 0.3 is 0 Å². The lowest BCUT2D eigenvalue weighted by atomic mass is 10.2. The van der Waals surface area contributed by atoms with Gasteiger partial charge in [-0.15, -0.1) is 0 Å². The van der Waals surface area contributed by atoms with E-state index in [1.54, 1.807) is 12.1 Å². The molecule has 1 heterocycles. The molecule has 1 aromatic heterocycles. The van der Waals surface area contributed by atoms with Crippen LogP contribution in [0, 0.1) is 5.82 Å². The zero-order valence-electron chi connectivity index (χ0n) is 6.67. The third-order valence-corrected chi connectivity index (χ3v) is 3.73. The second-order valence-corrected chi connectivity index (χ2v) is 4.72. The summed E-state index contributed by atoms with van der Waals surface area (Å²) >= 11 is 7.55. The smallest absolute Gasteiger partial charge is 0.209 e. The van der Waals surface area contributed by atoms with Crippen molar-refractivity contribution in [2.45, 2.75) is 0 Å². The Hall–Kier alpha value is -0.330. The molecule has 0 spiro atoms. The molecule has 0 atom stereocenters. The van der Waals surface area contributed by atoms with Crippen LogP contribution in [0.1, 0.15) is 0 Å². The maximum atomic E-state index is 13.2. The molecule has 2 nitrogen and oxygen atoms in total. The topological polar surface area (TPSA) is 25.8 Å². The maximum absolute atomic E-state index is 13.2. The first kappa shape index (κ1) is 10.2. The van der Waals surface area contributed by atoms with Crippen LogP contribution >= 0.6 is 43.4 Å². The molecule has 14 heavy (non-hydrogen) atoms. The lowest BCUT2D eigenvalue weighted by Gasteiger charge is -1.99. The second-order valence-electron chi connectivity index (χ2n) is 2.47. The standard InChI is InChI=1S/C8H3Br2FN2S/c9-6-4(2-1-3-5(6)11)7-12-8(10)13-14-7/h1-3H. The number of rotatable bonds is 1. The molecule has 0 aliphatic carbocycles. The van der Waals surface area contributed by atoms with Crippen LogP contribution in [0.5, 0.6) is 0 Å². The van der Waals surface area contributed by atoms with Crippen LogP contribution in [-0.4, -0.2) is 9.36 Å². The highest BCUT2D eigenvalue weighted by atomic mass is 79.9. The molecule has 6 heteroatoms. The molecule has 0 radical (unpaired) electrons. The van der Waals surface area contributed by atoms with E-state index in [4.69, 9.17) is 0 Å². The fraction of sp³-hybridized carbons (Fsp3) is 0. The van der Waals surface area contributed by atoms with E-state index in [1.165, 1.54) is 17.6 Å². The Morgan fingerprint density at radius 1 is 1.29 bits per heavy atom. The van der Waals surface area contributed by atoms with Crippen molar-refractivity contribution < 1.29 is 4.39 Å². The lowest BCUT2D eigenvalue weighted by molar-refractivity contribution is 0.622. The van der Waals surface area contributed by atoms with Crippen LogP contribution in [0.4, 0.5) is 4.39 Å². The van der Waals surface area contributed by atoms with Crippen molar-refractivity contribution in [3.63, 3.8) is 0 Å². The van der Waals surface area contributed by atoms with Gasteiger partial charge in [-0.05, 0) is 49.5 Å². The Bertz CT molecular complexity index is 472. The molecule has 0 fully saturated rings. The summed E-state index contributed by atoms with van der Waals surface area (Å²) in [6, 6.07) is 4.83. The van der Waals surface area contributed by atoms with E-state index in [0.717, 1.165) is 0 Å². The van der Waals surface area contributed by atoms with Crippen LogP contribution in [0.2, 0.25) is 0 Å². The van der Waals surface area contributed by atoms with Crippen LogP contribution in [0.15, 0.2) is 27.4 Å². The molecule has 0 aliphatic rings. The summed E-state index contributed by atoms with van der Waals surface area (Å²) in [7, 11) is 0. The van der Waals surface area contributed by atoms with E-state index in [2.05, 4.69) is 41.2 Å². The summed E-state index contributed by atoms with van der Waals surface area (Å²) in [6.45, 7) is 0. The average Bonchev–Trinajstić information content (AvgIpc) is 2.57. The van der Waals surface area contributed by atoms with Crippen LogP contribution in [-0.2, 0) is 0 Å². The number of benzene rings is 1. The highest BCUT2D eigenvalue weighted by Gasteiger charge is 2.11. The van der Waals surface area contributed by atoms with E-state index in [0.29, 0.717) is 19.8 Å². The zero-order valence-corrected chi connectivity index (χ0v) is 10.7. The fourth-order valence-electron chi connectivity index (χ4n) is 0.984. The van der Waals surface area contributed by atoms with E-state index in [1.807, 2.05) is 0 Å². The first-order valence-electron chi connectivity index (χ1n) is 3.62. The van der Waals surface area contributed by atoms with E-state index < -0.39 is 0 Å². The summed E-state index contributed by atoms with van der Waals surface area (Å²) in [6.07, 6.45) is 0. The minimum absolute atomic E-state index is 0.297. The SMILES string of the molecule is Fc1cccc(-c2nc(Br)ns2)c1Br. The zero-order chi connectivity index (χ0) is 10.1. The van der Waals surface area contributed by atoms with Crippen molar-refractivity contribution in [3.8, 4) is 10.6 Å². The van der Waals surface area contributed by atoms with Gasteiger partial charge in [0, 0.05) is 5.56 Å². The first-order valence-corrected chi connectivity index (χ1v) is 5.98. The van der Waals surface area contributed by atoms with Gasteiger partial charge in [0.2, 0.25) is 4.73 Å². The van der Waals surface area contributed by atoms with Crippen molar-refractivity contribution in [2.75, 3.05) is 0 Å². The predicted molar refractivity (Wildman–Crippen MR) is 60.7 cm³/mol. The van der Waals surface area contributed by atoms with Gasteiger partial charge in [0.05, 0.1) is 4.47 Å². The molecule has 0 unspecified atom stereocenters. The average molecular weight is 338 g/mol. The summed E-state index contributed by atoms with van der Waals surface area (Å²) < 4.78 is 18.1. The van der Waals surface area contributed by atoms with E-state index in [9.17, 15) is 4.39 Å². The van der Waals surface area contributed by atoms with Crippen molar-refractivity contribution >= 4 is 43.4 Å². The molecule has 0 aliphatic heterocycles. The Labute approximate surface area is 101 Å². The third kappa shape index (κ3) is 1.87. The number of halogens is 3. The third-order valence-electron chi connectivity index (χ3n) is 1.58. The Balaban J connectivity index is 2.57. The molecule has 0 saturated carbocycles. The molecule has 72 valence electrons. The Kier molecular flexibility index (Phi) is 2.94. The molecule has 2 rings (SSSR count). The monoisotopic (exact) mass is 336 g/mol. The van der Waals surface area contributed by atoms with E-state index >= 15 is 0 Å². The van der Waals surface area contributed by atoms with Gasteiger partial charge in [-0.1, -0.05) is 12.1 Å². The molecule has 1 aromatic carbocycles. The highest BCUT2D eigenvalue weighted by Crippen LogP contribution is 2.31. The predicted octanol–water partition coefficient (Wildman–Crippen LogP) is 3.87. The molecule has 0 saturated heterocycles. The molecule has 0 amide bonds.